The van der Waals surface area contributed by atoms with E-state index in [0.29, 0.717) is 17.2 Å². The number of benzene rings is 1. The Morgan fingerprint density at radius 1 is 1.50 bits per heavy atom. The Labute approximate surface area is 127 Å². The normalized spacial score (nSPS) is 12.4. The van der Waals surface area contributed by atoms with Crippen LogP contribution < -0.4 is 4.74 Å². The molecule has 0 saturated heterocycles. The number of aromatic nitrogens is 1. The van der Waals surface area contributed by atoms with Crippen molar-refractivity contribution in [2.75, 3.05) is 14.2 Å². The first-order valence-corrected chi connectivity index (χ1v) is 6.61. The lowest BCUT2D eigenvalue weighted by Gasteiger charge is -2.24. The molecule has 1 unspecified atom stereocenters. The van der Waals surface area contributed by atoms with Gasteiger partial charge in [-0.25, -0.2) is 4.39 Å². The molecule has 0 aliphatic rings. The maximum atomic E-state index is 14.0. The Morgan fingerprint density at radius 3 is 2.77 bits per heavy atom. The lowest BCUT2D eigenvalue weighted by molar-refractivity contribution is -0.143. The smallest absolute Gasteiger partial charge is 0.325 e. The SMILES string of the molecule is COc1ccc(F)c(C(C(=O)O)N(C)Cc2cc(C)no2)c1. The molecule has 0 saturated carbocycles. The Balaban J connectivity index is 2.31. The molecule has 0 amide bonds. The van der Waals surface area contributed by atoms with E-state index >= 15 is 0 Å². The summed E-state index contributed by atoms with van der Waals surface area (Å²) in [7, 11) is 3.02. The van der Waals surface area contributed by atoms with Gasteiger partial charge in [-0.3, -0.25) is 9.69 Å². The molecule has 22 heavy (non-hydrogen) atoms. The van der Waals surface area contributed by atoms with E-state index in [0.717, 1.165) is 0 Å². The molecule has 1 aromatic carbocycles. The highest BCUT2D eigenvalue weighted by Gasteiger charge is 2.28. The van der Waals surface area contributed by atoms with Crippen molar-refractivity contribution in [2.24, 2.45) is 0 Å². The van der Waals surface area contributed by atoms with E-state index in [9.17, 15) is 14.3 Å². The summed E-state index contributed by atoms with van der Waals surface area (Å²) in [6.45, 7) is 1.96. The minimum Gasteiger partial charge on any atom is -0.497 e. The maximum absolute atomic E-state index is 14.0. The molecule has 1 heterocycles. The number of carboxylic acids is 1. The van der Waals surface area contributed by atoms with Gasteiger partial charge in [0.05, 0.1) is 19.3 Å². The monoisotopic (exact) mass is 308 g/mol. The van der Waals surface area contributed by atoms with Gasteiger partial charge in [-0.1, -0.05) is 5.16 Å². The van der Waals surface area contributed by atoms with Gasteiger partial charge in [-0.15, -0.1) is 0 Å². The van der Waals surface area contributed by atoms with Crippen LogP contribution in [0.5, 0.6) is 5.75 Å². The van der Waals surface area contributed by atoms with Crippen molar-refractivity contribution in [3.8, 4) is 5.75 Å². The summed E-state index contributed by atoms with van der Waals surface area (Å²) < 4.78 is 24.1. The van der Waals surface area contributed by atoms with Crippen molar-refractivity contribution in [2.45, 2.75) is 19.5 Å². The quantitative estimate of drug-likeness (QED) is 0.883. The Bertz CT molecular complexity index is 671. The lowest BCUT2D eigenvalue weighted by Crippen LogP contribution is -2.31. The summed E-state index contributed by atoms with van der Waals surface area (Å²) in [6, 6.07) is 4.56. The van der Waals surface area contributed by atoms with E-state index in [1.54, 1.807) is 20.0 Å². The number of aryl methyl sites for hydroxylation is 1. The molecule has 118 valence electrons. The highest BCUT2D eigenvalue weighted by atomic mass is 19.1. The zero-order valence-corrected chi connectivity index (χ0v) is 12.5. The van der Waals surface area contributed by atoms with Crippen LogP contribution in [0.15, 0.2) is 28.8 Å². The molecule has 1 N–H and O–H groups in total. The lowest BCUT2D eigenvalue weighted by atomic mass is 10.0. The van der Waals surface area contributed by atoms with E-state index in [1.165, 1.54) is 30.2 Å². The molecule has 1 aromatic heterocycles. The molecule has 0 bridgehead atoms. The average Bonchev–Trinajstić information content (AvgIpc) is 2.86. The van der Waals surface area contributed by atoms with Crippen LogP contribution in [0.1, 0.15) is 23.1 Å². The largest absolute Gasteiger partial charge is 0.497 e. The molecule has 2 aromatic rings. The number of rotatable bonds is 6. The van der Waals surface area contributed by atoms with Gasteiger partial charge in [0, 0.05) is 11.6 Å². The van der Waals surface area contributed by atoms with Crippen LogP contribution in [0.3, 0.4) is 0 Å². The van der Waals surface area contributed by atoms with E-state index in [-0.39, 0.29) is 12.1 Å². The molecule has 7 heteroatoms. The summed E-state index contributed by atoms with van der Waals surface area (Å²) in [5.74, 6) is -0.860. The fourth-order valence-electron chi connectivity index (χ4n) is 2.25. The molecule has 0 radical (unpaired) electrons. The topological polar surface area (TPSA) is 75.8 Å². The van der Waals surface area contributed by atoms with Gasteiger partial charge in [0.15, 0.2) is 5.76 Å². The van der Waals surface area contributed by atoms with Gasteiger partial charge >= 0.3 is 5.97 Å². The summed E-state index contributed by atoms with van der Waals surface area (Å²) in [5.41, 5.74) is 0.730. The molecule has 2 rings (SSSR count). The van der Waals surface area contributed by atoms with Crippen LogP contribution in [0.2, 0.25) is 0 Å². The molecule has 0 fully saturated rings. The number of ether oxygens (including phenoxy) is 1. The third-order valence-corrected chi connectivity index (χ3v) is 3.25. The van der Waals surface area contributed by atoms with Gasteiger partial charge < -0.3 is 14.4 Å². The van der Waals surface area contributed by atoms with Gasteiger partial charge in [0.25, 0.3) is 0 Å². The van der Waals surface area contributed by atoms with Crippen LogP contribution in [-0.2, 0) is 11.3 Å². The molecule has 0 spiro atoms. The first-order chi connectivity index (χ1) is 10.4. The molecular weight excluding hydrogens is 291 g/mol. The average molecular weight is 308 g/mol. The predicted octanol–water partition coefficient (Wildman–Crippen LogP) is 2.39. The van der Waals surface area contributed by atoms with Crippen molar-refractivity contribution >= 4 is 5.97 Å². The van der Waals surface area contributed by atoms with Crippen molar-refractivity contribution < 1.29 is 23.6 Å². The summed E-state index contributed by atoms with van der Waals surface area (Å²) in [4.78, 5) is 13.1. The number of methoxy groups -OCH3 is 1. The maximum Gasteiger partial charge on any atom is 0.325 e. The van der Waals surface area contributed by atoms with E-state index in [2.05, 4.69) is 5.16 Å². The zero-order chi connectivity index (χ0) is 16.3. The van der Waals surface area contributed by atoms with Gasteiger partial charge in [0.2, 0.25) is 0 Å². The minimum atomic E-state index is -1.17. The number of hydrogen-bond donors (Lipinski definition) is 1. The Hall–Kier alpha value is -2.41. The highest BCUT2D eigenvalue weighted by molar-refractivity contribution is 5.75. The molecule has 0 aliphatic heterocycles. The van der Waals surface area contributed by atoms with Crippen LogP contribution in [0, 0.1) is 12.7 Å². The van der Waals surface area contributed by atoms with E-state index < -0.39 is 17.8 Å². The summed E-state index contributed by atoms with van der Waals surface area (Å²) in [5, 5.41) is 13.2. The van der Waals surface area contributed by atoms with Gasteiger partial charge in [-0.05, 0) is 32.2 Å². The molecular formula is C15H17FN2O4. The third-order valence-electron chi connectivity index (χ3n) is 3.25. The first kappa shape index (κ1) is 16.0. The Kier molecular flexibility index (Phi) is 4.77. The number of halogens is 1. The van der Waals surface area contributed by atoms with Crippen molar-refractivity contribution in [3.63, 3.8) is 0 Å². The standard InChI is InChI=1S/C15H17FN2O4/c1-9-6-11(22-17-9)8-18(2)14(15(19)20)12-7-10(21-3)4-5-13(12)16/h4-7,14H,8H2,1-3H3,(H,19,20). The van der Waals surface area contributed by atoms with Gasteiger partial charge in [0.1, 0.15) is 17.6 Å². The predicted molar refractivity (Wildman–Crippen MR) is 76.0 cm³/mol. The van der Waals surface area contributed by atoms with Crippen molar-refractivity contribution in [3.05, 3.63) is 47.1 Å². The summed E-state index contributed by atoms with van der Waals surface area (Å²) >= 11 is 0. The van der Waals surface area contributed by atoms with Crippen LogP contribution >= 0.6 is 0 Å². The highest BCUT2D eigenvalue weighted by Crippen LogP contribution is 2.27. The first-order valence-electron chi connectivity index (χ1n) is 6.61. The number of likely N-dealkylation sites (N-methyl/N-ethyl adjacent to an activating group) is 1. The Morgan fingerprint density at radius 2 is 2.23 bits per heavy atom. The van der Waals surface area contributed by atoms with Crippen molar-refractivity contribution in [1.29, 1.82) is 0 Å². The second-order valence-corrected chi connectivity index (χ2v) is 4.98. The number of carbonyl (C=O) groups is 1. The fraction of sp³-hybridized carbons (Fsp3) is 0.333. The summed E-state index contributed by atoms with van der Waals surface area (Å²) in [6.07, 6.45) is 0. The fourth-order valence-corrected chi connectivity index (χ4v) is 2.25. The number of nitrogens with zero attached hydrogens (tertiary/aromatic N) is 2. The number of hydrogen-bond acceptors (Lipinski definition) is 5. The van der Waals surface area contributed by atoms with Gasteiger partial charge in [-0.2, -0.15) is 0 Å². The second kappa shape index (κ2) is 6.57. The van der Waals surface area contributed by atoms with Crippen LogP contribution in [0.4, 0.5) is 4.39 Å². The van der Waals surface area contributed by atoms with Crippen molar-refractivity contribution in [1.82, 2.24) is 10.1 Å². The minimum absolute atomic E-state index is 0.0330. The van der Waals surface area contributed by atoms with E-state index in [4.69, 9.17) is 9.26 Å². The van der Waals surface area contributed by atoms with E-state index in [1.807, 2.05) is 0 Å². The number of carboxylic acid groups (broad SMARTS) is 1. The number of aliphatic carboxylic acids is 1. The van der Waals surface area contributed by atoms with Crippen LogP contribution in [0.25, 0.3) is 0 Å². The molecule has 6 nitrogen and oxygen atoms in total. The van der Waals surface area contributed by atoms with Crippen LogP contribution in [-0.4, -0.2) is 35.3 Å². The molecule has 1 atom stereocenters. The second-order valence-electron chi connectivity index (χ2n) is 4.98. The zero-order valence-electron chi connectivity index (χ0n) is 12.5. The third kappa shape index (κ3) is 3.43. The molecule has 0 aliphatic carbocycles.